The zero-order valence-electron chi connectivity index (χ0n) is 19.8. The maximum atomic E-state index is 14.8. The average molecular weight is 499 g/mol. The van der Waals surface area contributed by atoms with Crippen molar-refractivity contribution in [2.24, 2.45) is 0 Å². The highest BCUT2D eigenvalue weighted by Crippen LogP contribution is 2.43. The Bertz CT molecular complexity index is 1350. The molecule has 2 amide bonds. The molecule has 0 spiro atoms. The second kappa shape index (κ2) is 10.4. The molecule has 0 radical (unpaired) electrons. The van der Waals surface area contributed by atoms with Crippen molar-refractivity contribution < 1.29 is 37.0 Å². The van der Waals surface area contributed by atoms with Crippen molar-refractivity contribution in [1.29, 1.82) is 0 Å². The monoisotopic (exact) mass is 499 g/mol. The number of fused-ring (bicyclic) bond motifs is 2. The fraction of sp³-hybridized carbons (Fsp3) is 0.296. The Morgan fingerprint density at radius 2 is 1.69 bits per heavy atom. The number of amides is 2. The molecule has 0 saturated heterocycles. The number of hydrogen-bond donors (Lipinski definition) is 0. The second-order valence-corrected chi connectivity index (χ2v) is 8.29. The zero-order chi connectivity index (χ0) is 26.0. The van der Waals surface area contributed by atoms with Gasteiger partial charge in [0.2, 0.25) is 0 Å². The van der Waals surface area contributed by atoms with Crippen LogP contribution in [0.3, 0.4) is 0 Å². The number of nitrogens with zero attached hydrogens (tertiary/aromatic N) is 1. The molecular formula is C27H24F3NO5. The molecule has 1 aliphatic heterocycles. The summed E-state index contributed by atoms with van der Waals surface area (Å²) in [6, 6.07) is 10.2. The van der Waals surface area contributed by atoms with E-state index in [0.717, 1.165) is 17.4 Å². The summed E-state index contributed by atoms with van der Waals surface area (Å²) in [5.41, 5.74) is 0.231. The molecule has 1 heterocycles. The molecule has 3 aromatic rings. The molecular weight excluding hydrogens is 475 g/mol. The van der Waals surface area contributed by atoms with E-state index in [1.807, 2.05) is 6.92 Å². The number of esters is 1. The Balaban J connectivity index is 1.86. The highest BCUT2D eigenvalue weighted by atomic mass is 19.3. The van der Waals surface area contributed by atoms with Gasteiger partial charge < -0.3 is 9.47 Å². The van der Waals surface area contributed by atoms with Gasteiger partial charge in [-0.05, 0) is 48.4 Å². The minimum absolute atomic E-state index is 0.0150. The highest BCUT2D eigenvalue weighted by molar-refractivity contribution is 6.37. The van der Waals surface area contributed by atoms with Crippen molar-refractivity contribution in [3.63, 3.8) is 0 Å². The lowest BCUT2D eigenvalue weighted by atomic mass is 9.91. The van der Waals surface area contributed by atoms with E-state index in [2.05, 4.69) is 0 Å². The summed E-state index contributed by atoms with van der Waals surface area (Å²) < 4.78 is 51.3. The van der Waals surface area contributed by atoms with Crippen LogP contribution in [-0.4, -0.2) is 31.0 Å². The first kappa shape index (κ1) is 25.2. The molecule has 0 bridgehead atoms. The molecule has 188 valence electrons. The van der Waals surface area contributed by atoms with Crippen LogP contribution >= 0.6 is 0 Å². The van der Waals surface area contributed by atoms with Gasteiger partial charge in [-0.2, -0.15) is 8.78 Å². The summed E-state index contributed by atoms with van der Waals surface area (Å²) in [4.78, 5) is 39.6. The lowest BCUT2D eigenvalue weighted by Crippen LogP contribution is -2.29. The average Bonchev–Trinajstić information content (AvgIpc) is 3.10. The number of benzene rings is 3. The lowest BCUT2D eigenvalue weighted by Gasteiger charge is -2.16. The smallest absolute Gasteiger partial charge is 0.387 e. The summed E-state index contributed by atoms with van der Waals surface area (Å²) in [5.74, 6) is -3.44. The third-order valence-electron chi connectivity index (χ3n) is 6.03. The van der Waals surface area contributed by atoms with Crippen LogP contribution in [0.4, 0.5) is 18.9 Å². The van der Waals surface area contributed by atoms with Crippen LogP contribution in [0.5, 0.6) is 5.75 Å². The van der Waals surface area contributed by atoms with E-state index >= 15 is 0 Å². The van der Waals surface area contributed by atoms with Crippen LogP contribution in [0.15, 0.2) is 42.5 Å². The molecule has 1 aliphatic rings. The van der Waals surface area contributed by atoms with Crippen LogP contribution < -0.4 is 9.64 Å². The van der Waals surface area contributed by atoms with E-state index < -0.39 is 30.2 Å². The molecule has 0 aromatic heterocycles. The molecule has 0 N–H and O–H groups in total. The summed E-state index contributed by atoms with van der Waals surface area (Å²) in [6.07, 6.45) is 1.62. The third-order valence-corrected chi connectivity index (χ3v) is 6.03. The zero-order valence-corrected chi connectivity index (χ0v) is 19.8. The van der Waals surface area contributed by atoms with Crippen molar-refractivity contribution in [1.82, 2.24) is 0 Å². The Morgan fingerprint density at radius 1 is 1.00 bits per heavy atom. The fourth-order valence-corrected chi connectivity index (χ4v) is 4.48. The number of aryl methyl sites for hydroxylation is 1. The number of alkyl halides is 2. The third kappa shape index (κ3) is 4.53. The van der Waals surface area contributed by atoms with Gasteiger partial charge in [-0.15, -0.1) is 0 Å². The fourth-order valence-electron chi connectivity index (χ4n) is 4.48. The van der Waals surface area contributed by atoms with Gasteiger partial charge in [0.1, 0.15) is 11.6 Å². The number of carbonyl (C=O) groups is 3. The minimum Gasteiger partial charge on any atom is -0.466 e. The van der Waals surface area contributed by atoms with Crippen LogP contribution in [0.1, 0.15) is 58.5 Å². The van der Waals surface area contributed by atoms with E-state index in [-0.39, 0.29) is 41.2 Å². The molecule has 0 unspecified atom stereocenters. The van der Waals surface area contributed by atoms with Crippen molar-refractivity contribution in [2.45, 2.75) is 46.1 Å². The molecule has 0 saturated carbocycles. The summed E-state index contributed by atoms with van der Waals surface area (Å²) >= 11 is 0. The van der Waals surface area contributed by atoms with Gasteiger partial charge in [0.05, 0.1) is 29.8 Å². The lowest BCUT2D eigenvalue weighted by molar-refractivity contribution is -0.142. The first-order valence-electron chi connectivity index (χ1n) is 11.6. The maximum absolute atomic E-state index is 14.8. The number of unbranched alkanes of at least 4 members (excludes halogenated alkanes) is 1. The normalized spacial score (nSPS) is 13.0. The standard InChI is InChI=1S/C27H24F3NO5/c1-3-5-8-18-17-9-6-7-10-19(17)24(36-27(29)30)23-22(18)25(33)31(26(23)34)16-12-11-15(20(28)14-16)13-21(32)35-4-2/h6-7,9-12,14,27H,3-5,8,13H2,1-2H3. The quantitative estimate of drug-likeness (QED) is 0.274. The summed E-state index contributed by atoms with van der Waals surface area (Å²) in [5, 5.41) is 0.834. The van der Waals surface area contributed by atoms with Gasteiger partial charge >= 0.3 is 12.6 Å². The van der Waals surface area contributed by atoms with E-state index in [1.54, 1.807) is 31.2 Å². The molecule has 3 aromatic carbocycles. The van der Waals surface area contributed by atoms with Gasteiger partial charge in [-0.1, -0.05) is 43.7 Å². The van der Waals surface area contributed by atoms with Crippen LogP contribution in [0.25, 0.3) is 10.8 Å². The molecule has 4 rings (SSSR count). The van der Waals surface area contributed by atoms with Gasteiger partial charge in [0, 0.05) is 5.39 Å². The SMILES string of the molecule is CCCCc1c2c(c(OC(F)F)c3ccccc13)C(=O)N(c1ccc(CC(=O)OCC)c(F)c1)C2=O. The predicted molar refractivity (Wildman–Crippen MR) is 127 cm³/mol. The molecule has 0 atom stereocenters. The largest absolute Gasteiger partial charge is 0.466 e. The molecule has 0 aliphatic carbocycles. The second-order valence-electron chi connectivity index (χ2n) is 8.29. The Hall–Kier alpha value is -3.88. The summed E-state index contributed by atoms with van der Waals surface area (Å²) in [7, 11) is 0. The predicted octanol–water partition coefficient (Wildman–Crippen LogP) is 5.83. The van der Waals surface area contributed by atoms with Crippen LogP contribution in [0, 0.1) is 5.82 Å². The van der Waals surface area contributed by atoms with Crippen molar-refractivity contribution in [3.8, 4) is 5.75 Å². The van der Waals surface area contributed by atoms with Gasteiger partial charge in [0.15, 0.2) is 0 Å². The Kier molecular flexibility index (Phi) is 7.28. The van der Waals surface area contributed by atoms with Gasteiger partial charge in [-0.3, -0.25) is 14.4 Å². The van der Waals surface area contributed by atoms with Gasteiger partial charge in [0.25, 0.3) is 11.8 Å². The van der Waals surface area contributed by atoms with E-state index in [0.29, 0.717) is 29.2 Å². The van der Waals surface area contributed by atoms with Crippen molar-refractivity contribution in [2.75, 3.05) is 11.5 Å². The number of imide groups is 1. The van der Waals surface area contributed by atoms with E-state index in [4.69, 9.17) is 9.47 Å². The highest BCUT2D eigenvalue weighted by Gasteiger charge is 2.43. The van der Waals surface area contributed by atoms with E-state index in [9.17, 15) is 27.6 Å². The number of ether oxygens (including phenoxy) is 2. The number of anilines is 1. The first-order valence-corrected chi connectivity index (χ1v) is 11.6. The Labute approximate surface area is 205 Å². The number of carbonyl (C=O) groups excluding carboxylic acids is 3. The maximum Gasteiger partial charge on any atom is 0.387 e. The first-order chi connectivity index (χ1) is 17.3. The molecule has 36 heavy (non-hydrogen) atoms. The van der Waals surface area contributed by atoms with Crippen molar-refractivity contribution in [3.05, 3.63) is 70.5 Å². The Morgan fingerprint density at radius 3 is 2.33 bits per heavy atom. The van der Waals surface area contributed by atoms with Crippen LogP contribution in [0.2, 0.25) is 0 Å². The molecule has 6 nitrogen and oxygen atoms in total. The van der Waals surface area contributed by atoms with Crippen LogP contribution in [-0.2, 0) is 22.4 Å². The molecule has 9 heteroatoms. The van der Waals surface area contributed by atoms with E-state index in [1.165, 1.54) is 12.1 Å². The topological polar surface area (TPSA) is 72.9 Å². The summed E-state index contributed by atoms with van der Waals surface area (Å²) in [6.45, 7) is 0.515. The minimum atomic E-state index is -3.23. The number of hydrogen-bond acceptors (Lipinski definition) is 5. The number of rotatable bonds is 9. The van der Waals surface area contributed by atoms with Crippen molar-refractivity contribution >= 4 is 34.2 Å². The molecule has 0 fully saturated rings. The van der Waals surface area contributed by atoms with Gasteiger partial charge in [-0.25, -0.2) is 9.29 Å². The number of halogens is 3.